The minimum absolute atomic E-state index is 0.119. The van der Waals surface area contributed by atoms with Crippen LogP contribution in [0.2, 0.25) is 0 Å². The Morgan fingerprint density at radius 2 is 1.10 bits per heavy atom. The summed E-state index contributed by atoms with van der Waals surface area (Å²) >= 11 is 0. The number of para-hydroxylation sites is 1. The topological polar surface area (TPSA) is 66.6 Å². The van der Waals surface area contributed by atoms with E-state index in [1.807, 2.05) is 85.1 Å². The number of benzene rings is 10. The molecule has 12 aromatic rings. The average Bonchev–Trinajstić information content (AvgIpc) is 3.87. The van der Waals surface area contributed by atoms with Crippen molar-refractivity contribution in [3.05, 3.63) is 223 Å². The maximum absolute atomic E-state index is 9.32. The molecule has 1 N–H and O–H groups in total. The van der Waals surface area contributed by atoms with Crippen LogP contribution in [0.4, 0.5) is 0 Å². The highest BCUT2D eigenvalue weighted by atomic mass is 16.3. The van der Waals surface area contributed by atoms with E-state index in [1.54, 1.807) is 0 Å². The second-order valence-corrected chi connectivity index (χ2v) is 15.8. The highest BCUT2D eigenvalue weighted by molar-refractivity contribution is 6.24. The number of furan rings is 1. The molecule has 10 aromatic carbocycles. The molecular formula is C57H36N4O. The van der Waals surface area contributed by atoms with Crippen LogP contribution in [-0.4, -0.2) is 22.5 Å². The highest BCUT2D eigenvalue weighted by Crippen LogP contribution is 2.41. The quantitative estimate of drug-likeness (QED) is 0.137. The molecule has 0 radical (unpaired) electrons. The lowest BCUT2D eigenvalue weighted by Crippen LogP contribution is -2.06. The fourth-order valence-corrected chi connectivity index (χ4v) is 9.09. The molecule has 0 bridgehead atoms. The van der Waals surface area contributed by atoms with Gasteiger partial charge in [-0.05, 0) is 85.9 Å². The van der Waals surface area contributed by atoms with E-state index >= 15 is 0 Å². The predicted molar refractivity (Wildman–Crippen MR) is 260 cm³/mol. The normalized spacial score (nSPS) is 12.3. The van der Waals surface area contributed by atoms with Crippen LogP contribution in [0.3, 0.4) is 0 Å². The van der Waals surface area contributed by atoms with Crippen LogP contribution >= 0.6 is 0 Å². The van der Waals surface area contributed by atoms with Crippen molar-refractivity contribution in [2.45, 2.75) is 0 Å². The number of nitrogens with one attached hydrogen (secondary N) is 1. The van der Waals surface area contributed by atoms with Gasteiger partial charge in [-0.1, -0.05) is 164 Å². The molecule has 0 aliphatic carbocycles. The van der Waals surface area contributed by atoms with E-state index in [1.165, 1.54) is 26.9 Å². The number of hydrogen-bond acceptors (Lipinski definition) is 2. The summed E-state index contributed by atoms with van der Waals surface area (Å²) in [6.45, 7) is 0. The minimum atomic E-state index is 0.119. The molecule has 2 aromatic heterocycles. The van der Waals surface area contributed by atoms with Crippen LogP contribution in [0.15, 0.2) is 221 Å². The molecule has 0 aliphatic rings. The van der Waals surface area contributed by atoms with E-state index in [4.69, 9.17) is 14.4 Å². The van der Waals surface area contributed by atoms with Gasteiger partial charge >= 0.3 is 0 Å². The Balaban J connectivity index is 1.10. The van der Waals surface area contributed by atoms with Gasteiger partial charge in [0.2, 0.25) is 0 Å². The summed E-state index contributed by atoms with van der Waals surface area (Å²) in [7, 11) is 0. The van der Waals surface area contributed by atoms with Gasteiger partial charge in [0, 0.05) is 38.9 Å². The number of amidine groups is 2. The van der Waals surface area contributed by atoms with Gasteiger partial charge in [0.05, 0.1) is 22.3 Å². The fourth-order valence-electron chi connectivity index (χ4n) is 9.09. The maximum Gasteiger partial charge on any atom is 0.161 e. The zero-order valence-corrected chi connectivity index (χ0v) is 33.5. The molecule has 5 heteroatoms. The molecule has 0 unspecified atom stereocenters. The predicted octanol–water partition coefficient (Wildman–Crippen LogP) is 14.7. The third-order valence-corrected chi connectivity index (χ3v) is 12.1. The van der Waals surface area contributed by atoms with Crippen LogP contribution in [0.1, 0.15) is 16.7 Å². The van der Waals surface area contributed by atoms with E-state index in [0.717, 1.165) is 77.1 Å². The van der Waals surface area contributed by atoms with Gasteiger partial charge in [-0.25, -0.2) is 9.98 Å². The van der Waals surface area contributed by atoms with Crippen LogP contribution in [-0.2, 0) is 0 Å². The van der Waals surface area contributed by atoms with Gasteiger partial charge in [-0.15, -0.1) is 0 Å². The zero-order valence-electron chi connectivity index (χ0n) is 33.5. The number of rotatable bonds is 5. The number of hydrogen-bond donors (Lipinski definition) is 1. The summed E-state index contributed by atoms with van der Waals surface area (Å²) in [5.74, 6) is 0.541. The standard InChI is InChI=1S/C57H36N4O/c58-56(40-25-22-38(23-26-40)36-12-2-1-3-13-36)60-57(44-27-24-37-14-4-5-16-41(37)32-44)59-35-49-50(31-29-47-46-20-10-11-21-53(46)62-55(47)49)61-51-30-28-39-15-8-9-19-45(39)54(51)48-33-42-17-6-7-18-43(42)34-52(48)61/h1-35,58H. The maximum atomic E-state index is 9.32. The molecule has 12 rings (SSSR count). The number of nitrogens with zero attached hydrogens (tertiary/aromatic N) is 3. The van der Waals surface area contributed by atoms with Gasteiger partial charge in [0.1, 0.15) is 11.2 Å². The summed E-state index contributed by atoms with van der Waals surface area (Å²) in [5, 5.41) is 20.6. The largest absolute Gasteiger partial charge is 0.455 e. The summed E-state index contributed by atoms with van der Waals surface area (Å²) in [6.07, 6.45) is 1.89. The fraction of sp³-hybridized carbons (Fsp3) is 0. The Bertz CT molecular complexity index is 3820. The first-order valence-electron chi connectivity index (χ1n) is 20.8. The molecule has 0 saturated carbocycles. The van der Waals surface area contributed by atoms with E-state index in [2.05, 4.69) is 132 Å². The SMILES string of the molecule is N=C(N=C(N=Cc1c(-n2c3cc4ccccc4cc3c3c4ccccc4ccc32)ccc2c1oc1ccccc12)c1ccc2ccccc2c1)c1ccc(-c2ccccc2)cc1. The Kier molecular flexibility index (Phi) is 8.25. The minimum Gasteiger partial charge on any atom is -0.455 e. The van der Waals surface area contributed by atoms with Crippen LogP contribution < -0.4 is 0 Å². The Morgan fingerprint density at radius 1 is 0.468 bits per heavy atom. The monoisotopic (exact) mass is 792 g/mol. The third-order valence-electron chi connectivity index (χ3n) is 12.1. The summed E-state index contributed by atoms with van der Waals surface area (Å²) in [5.41, 5.74) is 9.15. The molecule has 290 valence electrons. The van der Waals surface area contributed by atoms with E-state index in [9.17, 15) is 5.41 Å². The molecule has 62 heavy (non-hydrogen) atoms. The van der Waals surface area contributed by atoms with Crippen molar-refractivity contribution in [3.8, 4) is 16.8 Å². The van der Waals surface area contributed by atoms with E-state index in [-0.39, 0.29) is 5.84 Å². The number of aliphatic imine (C=N–C) groups is 2. The van der Waals surface area contributed by atoms with Crippen molar-refractivity contribution in [2.24, 2.45) is 9.98 Å². The van der Waals surface area contributed by atoms with E-state index < -0.39 is 0 Å². The van der Waals surface area contributed by atoms with Gasteiger partial charge in [-0.3, -0.25) is 5.41 Å². The number of aromatic nitrogens is 1. The second kappa shape index (κ2) is 14.4. The first kappa shape index (κ1) is 35.5. The molecule has 2 heterocycles. The average molecular weight is 793 g/mol. The molecule has 0 spiro atoms. The Labute approximate surface area is 356 Å². The summed E-state index contributed by atoms with van der Waals surface area (Å²) in [6, 6.07) is 71.5. The van der Waals surface area contributed by atoms with Crippen LogP contribution in [0.25, 0.3) is 92.9 Å². The third kappa shape index (κ3) is 5.90. The van der Waals surface area contributed by atoms with Gasteiger partial charge in [0.15, 0.2) is 11.7 Å². The van der Waals surface area contributed by atoms with Gasteiger partial charge in [0.25, 0.3) is 0 Å². The first-order chi connectivity index (χ1) is 30.6. The summed E-state index contributed by atoms with van der Waals surface area (Å²) < 4.78 is 9.16. The molecule has 0 amide bonds. The number of fused-ring (bicyclic) bond motifs is 10. The van der Waals surface area contributed by atoms with Gasteiger partial charge in [-0.2, -0.15) is 0 Å². The van der Waals surface area contributed by atoms with Crippen LogP contribution in [0.5, 0.6) is 0 Å². The van der Waals surface area contributed by atoms with Crippen molar-refractivity contribution in [1.29, 1.82) is 5.41 Å². The lowest BCUT2D eigenvalue weighted by molar-refractivity contribution is 0.668. The summed E-state index contributed by atoms with van der Waals surface area (Å²) in [4.78, 5) is 10.3. The highest BCUT2D eigenvalue weighted by Gasteiger charge is 2.21. The molecule has 0 saturated heterocycles. The van der Waals surface area contributed by atoms with Crippen molar-refractivity contribution in [2.75, 3.05) is 0 Å². The van der Waals surface area contributed by atoms with Crippen molar-refractivity contribution >= 4 is 93.9 Å². The second-order valence-electron chi connectivity index (χ2n) is 15.8. The molecule has 0 atom stereocenters. The lowest BCUT2D eigenvalue weighted by atomic mass is 10.0. The Morgan fingerprint density at radius 3 is 1.90 bits per heavy atom. The van der Waals surface area contributed by atoms with Crippen molar-refractivity contribution < 1.29 is 4.42 Å². The van der Waals surface area contributed by atoms with Crippen molar-refractivity contribution in [1.82, 2.24) is 4.57 Å². The van der Waals surface area contributed by atoms with Gasteiger partial charge < -0.3 is 8.98 Å². The van der Waals surface area contributed by atoms with E-state index in [0.29, 0.717) is 11.4 Å². The molecular weight excluding hydrogens is 757 g/mol. The zero-order chi connectivity index (χ0) is 41.1. The van der Waals surface area contributed by atoms with Crippen molar-refractivity contribution in [3.63, 3.8) is 0 Å². The molecule has 0 aliphatic heterocycles. The molecule has 5 nitrogen and oxygen atoms in total. The first-order valence-corrected chi connectivity index (χ1v) is 20.8. The Hall–Kier alpha value is -8.41. The molecule has 0 fully saturated rings. The lowest BCUT2D eigenvalue weighted by Gasteiger charge is -2.13. The van der Waals surface area contributed by atoms with Crippen LogP contribution in [0, 0.1) is 5.41 Å². The smallest absolute Gasteiger partial charge is 0.161 e.